The zero-order valence-electron chi connectivity index (χ0n) is 10.3. The molecule has 4 heteroatoms. The highest BCUT2D eigenvalue weighted by Crippen LogP contribution is 2.25. The quantitative estimate of drug-likeness (QED) is 0.894. The minimum Gasteiger partial charge on any atom is -0.388 e. The van der Waals surface area contributed by atoms with Crippen LogP contribution in [-0.4, -0.2) is 5.11 Å². The lowest BCUT2D eigenvalue weighted by Crippen LogP contribution is -2.05. The summed E-state index contributed by atoms with van der Waals surface area (Å²) < 4.78 is 26.6. The van der Waals surface area contributed by atoms with Crippen molar-refractivity contribution < 1.29 is 13.9 Å². The number of rotatable bonds is 3. The molecule has 0 aliphatic rings. The zero-order chi connectivity index (χ0) is 14.0. The van der Waals surface area contributed by atoms with Crippen molar-refractivity contribution in [1.82, 2.24) is 0 Å². The van der Waals surface area contributed by atoms with Crippen LogP contribution in [0.15, 0.2) is 36.4 Å². The first-order chi connectivity index (χ1) is 8.97. The maximum atomic E-state index is 13.5. The number of aliphatic hydroxyl groups is 1. The van der Waals surface area contributed by atoms with E-state index >= 15 is 0 Å². The molecule has 0 heterocycles. The Balaban J connectivity index is 2.27. The summed E-state index contributed by atoms with van der Waals surface area (Å²) >= 11 is 5.88. The number of halogens is 3. The van der Waals surface area contributed by atoms with Gasteiger partial charge >= 0.3 is 0 Å². The molecule has 1 nitrogen and oxygen atoms in total. The Morgan fingerprint density at radius 2 is 1.89 bits per heavy atom. The third kappa shape index (κ3) is 3.31. The van der Waals surface area contributed by atoms with Crippen LogP contribution in [0.1, 0.15) is 22.8 Å². The molecule has 2 aromatic carbocycles. The maximum absolute atomic E-state index is 13.5. The fourth-order valence-electron chi connectivity index (χ4n) is 1.99. The topological polar surface area (TPSA) is 20.2 Å². The molecule has 1 unspecified atom stereocenters. The fourth-order valence-corrected chi connectivity index (χ4v) is 2.17. The summed E-state index contributed by atoms with van der Waals surface area (Å²) in [5, 5.41) is 10.6. The van der Waals surface area contributed by atoms with Crippen molar-refractivity contribution in [2.45, 2.75) is 19.4 Å². The normalized spacial score (nSPS) is 12.5. The number of aliphatic hydroxyl groups excluding tert-OH is 1. The van der Waals surface area contributed by atoms with Gasteiger partial charge < -0.3 is 5.11 Å². The Kier molecular flexibility index (Phi) is 4.17. The van der Waals surface area contributed by atoms with Gasteiger partial charge in [-0.3, -0.25) is 0 Å². The van der Waals surface area contributed by atoms with Crippen LogP contribution in [0, 0.1) is 18.6 Å². The van der Waals surface area contributed by atoms with Gasteiger partial charge in [0.2, 0.25) is 0 Å². The highest BCUT2D eigenvalue weighted by molar-refractivity contribution is 6.30. The molecule has 0 aliphatic carbocycles. The molecule has 0 aromatic heterocycles. The van der Waals surface area contributed by atoms with Crippen LogP contribution in [0.4, 0.5) is 8.78 Å². The van der Waals surface area contributed by atoms with Gasteiger partial charge in [0.15, 0.2) is 0 Å². The molecular formula is C15H13ClF2O. The second kappa shape index (κ2) is 5.68. The second-order valence-electron chi connectivity index (χ2n) is 4.46. The Bertz CT molecular complexity index is 599. The van der Waals surface area contributed by atoms with Crippen molar-refractivity contribution in [2.75, 3.05) is 0 Å². The second-order valence-corrected chi connectivity index (χ2v) is 4.89. The average molecular weight is 283 g/mol. The van der Waals surface area contributed by atoms with E-state index in [0.717, 1.165) is 23.8 Å². The predicted molar refractivity (Wildman–Crippen MR) is 71.2 cm³/mol. The third-order valence-electron chi connectivity index (χ3n) is 3.02. The molecule has 0 aliphatic heterocycles. The monoisotopic (exact) mass is 282 g/mol. The van der Waals surface area contributed by atoms with E-state index in [4.69, 9.17) is 11.6 Å². The average Bonchev–Trinajstić information content (AvgIpc) is 2.36. The lowest BCUT2D eigenvalue weighted by molar-refractivity contribution is 0.176. The van der Waals surface area contributed by atoms with Crippen LogP contribution in [0.25, 0.3) is 0 Å². The van der Waals surface area contributed by atoms with Gasteiger partial charge in [-0.05, 0) is 53.9 Å². The molecule has 0 bridgehead atoms. The molecule has 2 rings (SSSR count). The molecule has 0 fully saturated rings. The van der Waals surface area contributed by atoms with Gasteiger partial charge in [-0.1, -0.05) is 17.7 Å². The smallest absolute Gasteiger partial charge is 0.126 e. The highest BCUT2D eigenvalue weighted by Gasteiger charge is 2.14. The zero-order valence-corrected chi connectivity index (χ0v) is 11.1. The maximum Gasteiger partial charge on any atom is 0.126 e. The molecule has 0 amide bonds. The summed E-state index contributed by atoms with van der Waals surface area (Å²) in [6.45, 7) is 1.83. The van der Waals surface area contributed by atoms with E-state index in [-0.39, 0.29) is 12.0 Å². The van der Waals surface area contributed by atoms with Gasteiger partial charge in [-0.25, -0.2) is 8.78 Å². The minimum absolute atomic E-state index is 0.00474. The molecule has 1 N–H and O–H groups in total. The van der Waals surface area contributed by atoms with Crippen LogP contribution in [-0.2, 0) is 6.42 Å². The van der Waals surface area contributed by atoms with Gasteiger partial charge in [-0.2, -0.15) is 0 Å². The van der Waals surface area contributed by atoms with Crippen LogP contribution in [0.2, 0.25) is 5.02 Å². The first kappa shape index (κ1) is 14.0. The number of hydrogen-bond donors (Lipinski definition) is 1. The Hall–Kier alpha value is -1.45. The molecule has 2 aromatic rings. The predicted octanol–water partition coefficient (Wildman–Crippen LogP) is 4.20. The standard InChI is InChI=1S/C15H13ClF2O/c1-9-2-3-11(16)8-13(9)15(19)7-10-6-12(17)4-5-14(10)18/h2-6,8,15,19H,7H2,1H3. The van der Waals surface area contributed by atoms with Crippen molar-refractivity contribution >= 4 is 11.6 Å². The SMILES string of the molecule is Cc1ccc(Cl)cc1C(O)Cc1cc(F)ccc1F. The molecule has 100 valence electrons. The van der Waals surface area contributed by atoms with Gasteiger partial charge in [0.05, 0.1) is 6.10 Å². The van der Waals surface area contributed by atoms with E-state index < -0.39 is 17.7 Å². The third-order valence-corrected chi connectivity index (χ3v) is 3.26. The van der Waals surface area contributed by atoms with Crippen LogP contribution < -0.4 is 0 Å². The first-order valence-corrected chi connectivity index (χ1v) is 6.23. The summed E-state index contributed by atoms with van der Waals surface area (Å²) in [4.78, 5) is 0. The molecule has 0 spiro atoms. The number of benzene rings is 2. The van der Waals surface area contributed by atoms with Crippen LogP contribution >= 0.6 is 11.6 Å². The van der Waals surface area contributed by atoms with Crippen molar-refractivity contribution in [3.63, 3.8) is 0 Å². The summed E-state index contributed by atoms with van der Waals surface area (Å²) in [5.74, 6) is -1.05. The Morgan fingerprint density at radius 1 is 1.16 bits per heavy atom. The van der Waals surface area contributed by atoms with E-state index in [1.54, 1.807) is 18.2 Å². The van der Waals surface area contributed by atoms with E-state index in [9.17, 15) is 13.9 Å². The molecule has 0 saturated carbocycles. The summed E-state index contributed by atoms with van der Waals surface area (Å²) in [6.07, 6.45) is -0.917. The molecule has 0 saturated heterocycles. The fraction of sp³-hybridized carbons (Fsp3) is 0.200. The van der Waals surface area contributed by atoms with Gasteiger partial charge in [0.1, 0.15) is 11.6 Å². The Labute approximate surface area is 115 Å². The van der Waals surface area contributed by atoms with E-state index in [1.165, 1.54) is 0 Å². The van der Waals surface area contributed by atoms with Crippen molar-refractivity contribution in [1.29, 1.82) is 0 Å². The largest absolute Gasteiger partial charge is 0.388 e. The van der Waals surface area contributed by atoms with Crippen LogP contribution in [0.5, 0.6) is 0 Å². The number of hydrogen-bond acceptors (Lipinski definition) is 1. The van der Waals surface area contributed by atoms with Crippen molar-refractivity contribution in [3.05, 3.63) is 69.7 Å². The summed E-state index contributed by atoms with van der Waals surface area (Å²) in [7, 11) is 0. The Morgan fingerprint density at radius 3 is 2.63 bits per heavy atom. The molecular weight excluding hydrogens is 270 g/mol. The molecule has 1 atom stereocenters. The van der Waals surface area contributed by atoms with Crippen molar-refractivity contribution in [3.8, 4) is 0 Å². The highest BCUT2D eigenvalue weighted by atomic mass is 35.5. The lowest BCUT2D eigenvalue weighted by atomic mass is 9.97. The molecule has 0 radical (unpaired) electrons. The summed E-state index contributed by atoms with van der Waals surface area (Å²) in [6, 6.07) is 8.34. The lowest BCUT2D eigenvalue weighted by Gasteiger charge is -2.14. The minimum atomic E-state index is -0.921. The van der Waals surface area contributed by atoms with Gasteiger partial charge in [0, 0.05) is 11.4 Å². The summed E-state index contributed by atoms with van der Waals surface area (Å²) in [5.41, 5.74) is 1.62. The van der Waals surface area contributed by atoms with Gasteiger partial charge in [0.25, 0.3) is 0 Å². The van der Waals surface area contributed by atoms with E-state index in [2.05, 4.69) is 0 Å². The first-order valence-electron chi connectivity index (χ1n) is 5.85. The van der Waals surface area contributed by atoms with Crippen molar-refractivity contribution in [2.24, 2.45) is 0 Å². The van der Waals surface area contributed by atoms with Gasteiger partial charge in [-0.15, -0.1) is 0 Å². The van der Waals surface area contributed by atoms with E-state index in [1.807, 2.05) is 6.92 Å². The molecule has 19 heavy (non-hydrogen) atoms. The van der Waals surface area contributed by atoms with E-state index in [0.29, 0.717) is 10.6 Å². The van der Waals surface area contributed by atoms with Crippen LogP contribution in [0.3, 0.4) is 0 Å². The number of aryl methyl sites for hydroxylation is 1.